The minimum Gasteiger partial charge on any atom is -0.379 e. The lowest BCUT2D eigenvalue weighted by Gasteiger charge is -2.27. The third kappa shape index (κ3) is 5.97. The van der Waals surface area contributed by atoms with Crippen LogP contribution < -0.4 is 10.6 Å². The average molecular weight is 494 g/mol. The molecule has 1 atom stereocenters. The number of rotatable bonds is 8. The van der Waals surface area contributed by atoms with Crippen molar-refractivity contribution >= 4 is 21.6 Å². The molecule has 1 heterocycles. The van der Waals surface area contributed by atoms with Gasteiger partial charge in [0.25, 0.3) is 0 Å². The molecular weight excluding hydrogens is 462 g/mol. The van der Waals surface area contributed by atoms with Crippen LogP contribution in [0.1, 0.15) is 28.3 Å². The van der Waals surface area contributed by atoms with Crippen molar-refractivity contribution in [1.29, 1.82) is 0 Å². The molecular formula is C27H31N3O4S. The number of sulfonamides is 1. The number of carbonyl (C=O) groups excluding carboxylic acids is 1. The van der Waals surface area contributed by atoms with Crippen molar-refractivity contribution in [2.75, 3.05) is 31.6 Å². The second-order valence-electron chi connectivity index (χ2n) is 8.66. The highest BCUT2D eigenvalue weighted by molar-refractivity contribution is 7.89. The van der Waals surface area contributed by atoms with Gasteiger partial charge in [0.1, 0.15) is 6.04 Å². The van der Waals surface area contributed by atoms with Crippen molar-refractivity contribution in [3.63, 3.8) is 0 Å². The Bertz CT molecular complexity index is 1270. The summed E-state index contributed by atoms with van der Waals surface area (Å²) >= 11 is 0. The van der Waals surface area contributed by atoms with E-state index in [1.54, 1.807) is 18.2 Å². The van der Waals surface area contributed by atoms with E-state index < -0.39 is 16.1 Å². The van der Waals surface area contributed by atoms with Crippen molar-refractivity contribution < 1.29 is 17.9 Å². The Labute approximate surface area is 207 Å². The number of anilines is 1. The summed E-state index contributed by atoms with van der Waals surface area (Å²) in [7, 11) is -3.67. The molecule has 0 aliphatic carbocycles. The fraction of sp³-hybridized carbons (Fsp3) is 0.296. The topological polar surface area (TPSA) is 87.7 Å². The van der Waals surface area contributed by atoms with E-state index in [2.05, 4.69) is 10.6 Å². The van der Waals surface area contributed by atoms with Crippen LogP contribution in [0.4, 0.5) is 5.69 Å². The molecule has 0 radical (unpaired) electrons. The molecule has 1 aliphatic heterocycles. The van der Waals surface area contributed by atoms with Crippen molar-refractivity contribution in [3.8, 4) is 0 Å². The Morgan fingerprint density at radius 2 is 1.66 bits per heavy atom. The number of hydrogen-bond acceptors (Lipinski definition) is 5. The van der Waals surface area contributed by atoms with E-state index >= 15 is 0 Å². The van der Waals surface area contributed by atoms with Gasteiger partial charge >= 0.3 is 0 Å². The zero-order chi connectivity index (χ0) is 24.8. The summed E-state index contributed by atoms with van der Waals surface area (Å²) in [6.45, 7) is 5.56. The van der Waals surface area contributed by atoms with Gasteiger partial charge in [0, 0.05) is 25.3 Å². The summed E-state index contributed by atoms with van der Waals surface area (Å²) < 4.78 is 33.4. The zero-order valence-electron chi connectivity index (χ0n) is 20.0. The minimum absolute atomic E-state index is 0.208. The second kappa shape index (κ2) is 11.1. The number of amides is 1. The highest BCUT2D eigenvalue weighted by Gasteiger charge is 2.29. The van der Waals surface area contributed by atoms with Crippen LogP contribution in [0.5, 0.6) is 0 Å². The number of carbonyl (C=O) groups is 1. The Morgan fingerprint density at radius 1 is 0.971 bits per heavy atom. The predicted molar refractivity (Wildman–Crippen MR) is 137 cm³/mol. The number of ether oxygens (including phenoxy) is 1. The molecule has 184 valence electrons. The third-order valence-electron chi connectivity index (χ3n) is 6.10. The molecule has 1 fully saturated rings. The van der Waals surface area contributed by atoms with E-state index in [1.807, 2.05) is 68.4 Å². The fourth-order valence-electron chi connectivity index (χ4n) is 4.12. The van der Waals surface area contributed by atoms with E-state index in [9.17, 15) is 13.2 Å². The van der Waals surface area contributed by atoms with Crippen molar-refractivity contribution in [2.24, 2.45) is 0 Å². The lowest BCUT2D eigenvalue weighted by molar-refractivity contribution is -0.118. The first-order chi connectivity index (χ1) is 16.9. The van der Waals surface area contributed by atoms with E-state index in [0.29, 0.717) is 31.9 Å². The molecule has 2 N–H and O–H groups in total. The maximum Gasteiger partial charge on any atom is 0.246 e. The maximum absolute atomic E-state index is 13.4. The molecule has 0 aromatic heterocycles. The summed E-state index contributed by atoms with van der Waals surface area (Å²) in [5.41, 5.74) is 4.19. The first-order valence-corrected chi connectivity index (χ1v) is 13.1. The SMILES string of the molecule is Cc1ccc(C)c(NC(=O)C(NCc2ccccc2S(=O)(=O)N2CCOCC2)c2ccccc2)c1. The molecule has 0 bridgehead atoms. The molecule has 1 unspecified atom stereocenters. The number of benzene rings is 3. The number of morpholine rings is 1. The minimum atomic E-state index is -3.67. The Balaban J connectivity index is 1.59. The second-order valence-corrected chi connectivity index (χ2v) is 10.6. The molecule has 4 rings (SSSR count). The Morgan fingerprint density at radius 3 is 2.40 bits per heavy atom. The zero-order valence-corrected chi connectivity index (χ0v) is 20.8. The first kappa shape index (κ1) is 25.1. The van der Waals surface area contributed by atoms with Crippen LogP contribution in [0.2, 0.25) is 0 Å². The van der Waals surface area contributed by atoms with Gasteiger partial charge in [-0.2, -0.15) is 4.31 Å². The van der Waals surface area contributed by atoms with Crippen molar-refractivity contribution in [3.05, 3.63) is 95.1 Å². The van der Waals surface area contributed by atoms with Crippen LogP contribution in [-0.4, -0.2) is 44.9 Å². The Hall–Kier alpha value is -3.04. The summed E-state index contributed by atoms with van der Waals surface area (Å²) in [6, 6.07) is 21.6. The third-order valence-corrected chi connectivity index (χ3v) is 8.10. The van der Waals surface area contributed by atoms with Gasteiger partial charge in [-0.05, 0) is 48.2 Å². The summed E-state index contributed by atoms with van der Waals surface area (Å²) in [5, 5.41) is 6.34. The van der Waals surface area contributed by atoms with Crippen LogP contribution >= 0.6 is 0 Å². The number of nitrogens with zero attached hydrogens (tertiary/aromatic N) is 1. The van der Waals surface area contributed by atoms with Gasteiger partial charge in [-0.15, -0.1) is 0 Å². The predicted octanol–water partition coefficient (Wildman–Crippen LogP) is 3.79. The summed E-state index contributed by atoms with van der Waals surface area (Å²) in [4.78, 5) is 13.7. The first-order valence-electron chi connectivity index (χ1n) is 11.7. The average Bonchev–Trinajstić information content (AvgIpc) is 2.88. The van der Waals surface area contributed by atoms with Crippen LogP contribution in [0.3, 0.4) is 0 Å². The van der Waals surface area contributed by atoms with Crippen LogP contribution in [0.25, 0.3) is 0 Å². The molecule has 0 saturated carbocycles. The smallest absolute Gasteiger partial charge is 0.246 e. The van der Waals surface area contributed by atoms with Gasteiger partial charge in [-0.3, -0.25) is 10.1 Å². The lowest BCUT2D eigenvalue weighted by atomic mass is 10.0. The van der Waals surface area contributed by atoms with Gasteiger partial charge in [0.05, 0.1) is 18.1 Å². The Kier molecular flexibility index (Phi) is 7.97. The van der Waals surface area contributed by atoms with Gasteiger partial charge in [0.2, 0.25) is 15.9 Å². The summed E-state index contributed by atoms with van der Waals surface area (Å²) in [5.74, 6) is -0.210. The van der Waals surface area contributed by atoms with Gasteiger partial charge in [-0.1, -0.05) is 60.7 Å². The van der Waals surface area contributed by atoms with Crippen molar-refractivity contribution in [1.82, 2.24) is 9.62 Å². The molecule has 35 heavy (non-hydrogen) atoms. The molecule has 7 nitrogen and oxygen atoms in total. The molecule has 1 aliphatic rings. The normalized spacial score (nSPS) is 15.5. The molecule has 3 aromatic rings. The van der Waals surface area contributed by atoms with Gasteiger partial charge in [0.15, 0.2) is 0 Å². The lowest BCUT2D eigenvalue weighted by Crippen LogP contribution is -2.41. The van der Waals surface area contributed by atoms with E-state index in [1.165, 1.54) is 4.31 Å². The standard InChI is InChI=1S/C27H31N3O4S/c1-20-12-13-21(2)24(18-20)29-27(31)26(22-8-4-3-5-9-22)28-19-23-10-6-7-11-25(23)35(32,33)30-14-16-34-17-15-30/h3-13,18,26,28H,14-17,19H2,1-2H3,(H,29,31). The van der Waals surface area contributed by atoms with Crippen molar-refractivity contribution in [2.45, 2.75) is 31.3 Å². The monoisotopic (exact) mass is 493 g/mol. The quantitative estimate of drug-likeness (QED) is 0.499. The highest BCUT2D eigenvalue weighted by atomic mass is 32.2. The molecule has 1 saturated heterocycles. The largest absolute Gasteiger partial charge is 0.379 e. The van der Waals surface area contributed by atoms with Crippen LogP contribution in [0, 0.1) is 13.8 Å². The molecule has 8 heteroatoms. The number of nitrogens with one attached hydrogen (secondary N) is 2. The van der Waals surface area contributed by atoms with E-state index in [-0.39, 0.29) is 17.3 Å². The van der Waals surface area contributed by atoms with Crippen LogP contribution in [0.15, 0.2) is 77.7 Å². The summed E-state index contributed by atoms with van der Waals surface area (Å²) in [6.07, 6.45) is 0. The van der Waals surface area contributed by atoms with Crippen LogP contribution in [-0.2, 0) is 26.1 Å². The van der Waals surface area contributed by atoms with E-state index in [4.69, 9.17) is 4.74 Å². The number of hydrogen-bond donors (Lipinski definition) is 2. The highest BCUT2D eigenvalue weighted by Crippen LogP contribution is 2.24. The fourth-order valence-corrected chi connectivity index (χ4v) is 5.75. The van der Waals surface area contributed by atoms with E-state index in [0.717, 1.165) is 22.4 Å². The van der Waals surface area contributed by atoms with Gasteiger partial charge in [-0.25, -0.2) is 8.42 Å². The molecule has 1 amide bonds. The van der Waals surface area contributed by atoms with Gasteiger partial charge < -0.3 is 10.1 Å². The number of aryl methyl sites for hydroxylation is 2. The molecule has 0 spiro atoms. The maximum atomic E-state index is 13.4. The molecule has 3 aromatic carbocycles.